The van der Waals surface area contributed by atoms with Crippen molar-refractivity contribution in [3.63, 3.8) is 0 Å². The van der Waals surface area contributed by atoms with E-state index in [0.717, 1.165) is 12.1 Å². The summed E-state index contributed by atoms with van der Waals surface area (Å²) < 4.78 is 5.64. The molecular weight excluding hydrogens is 242 g/mol. The molecule has 3 aromatic rings. The third-order valence-electron chi connectivity index (χ3n) is 3.11. The Morgan fingerprint density at radius 2 is 2.17 bits per heavy atom. The van der Waals surface area contributed by atoms with E-state index in [4.69, 9.17) is 4.42 Å². The summed E-state index contributed by atoms with van der Waals surface area (Å²) in [6, 6.07) is 10.6. The van der Waals surface area contributed by atoms with Crippen molar-refractivity contribution in [3.8, 4) is 0 Å². The maximum absolute atomic E-state index is 5.64. The van der Waals surface area contributed by atoms with E-state index in [1.165, 1.54) is 16.5 Å². The van der Waals surface area contributed by atoms with Crippen molar-refractivity contribution in [2.45, 2.75) is 13.0 Å². The molecular formula is C15H15NOS. The van der Waals surface area contributed by atoms with E-state index in [1.807, 2.05) is 18.4 Å². The third kappa shape index (κ3) is 1.96. The van der Waals surface area contributed by atoms with Gasteiger partial charge < -0.3 is 9.73 Å². The topological polar surface area (TPSA) is 25.2 Å². The van der Waals surface area contributed by atoms with Gasteiger partial charge in [0.05, 0.1) is 12.3 Å². The average Bonchev–Trinajstić information content (AvgIpc) is 3.06. The maximum atomic E-state index is 5.64. The van der Waals surface area contributed by atoms with Crippen LogP contribution in [0, 0.1) is 0 Å². The highest BCUT2D eigenvalue weighted by molar-refractivity contribution is 7.08. The van der Waals surface area contributed by atoms with Crippen LogP contribution in [0.5, 0.6) is 0 Å². The fourth-order valence-corrected chi connectivity index (χ4v) is 2.96. The van der Waals surface area contributed by atoms with Gasteiger partial charge in [-0.05, 0) is 35.0 Å². The normalized spacial score (nSPS) is 12.9. The molecule has 3 heteroatoms. The lowest BCUT2D eigenvalue weighted by Crippen LogP contribution is -2.21. The Balaban J connectivity index is 2.10. The second-order valence-electron chi connectivity index (χ2n) is 4.23. The van der Waals surface area contributed by atoms with Crippen molar-refractivity contribution in [1.29, 1.82) is 0 Å². The van der Waals surface area contributed by atoms with Gasteiger partial charge >= 0.3 is 0 Å². The quantitative estimate of drug-likeness (QED) is 0.758. The van der Waals surface area contributed by atoms with Gasteiger partial charge in [0, 0.05) is 10.9 Å². The molecule has 0 bridgehead atoms. The molecule has 0 aliphatic heterocycles. The molecule has 0 aliphatic carbocycles. The van der Waals surface area contributed by atoms with Crippen molar-refractivity contribution in [2.75, 3.05) is 6.54 Å². The predicted molar refractivity (Wildman–Crippen MR) is 76.1 cm³/mol. The van der Waals surface area contributed by atoms with Crippen LogP contribution in [0.4, 0.5) is 0 Å². The molecule has 0 saturated carbocycles. The van der Waals surface area contributed by atoms with Crippen molar-refractivity contribution in [3.05, 3.63) is 58.5 Å². The molecule has 2 heterocycles. The highest BCUT2D eigenvalue weighted by Gasteiger charge is 2.18. The minimum absolute atomic E-state index is 0.213. The first-order valence-corrected chi connectivity index (χ1v) is 7.06. The zero-order valence-corrected chi connectivity index (χ0v) is 11.0. The lowest BCUT2D eigenvalue weighted by atomic mass is 10.0. The smallest absolute Gasteiger partial charge is 0.134 e. The van der Waals surface area contributed by atoms with Crippen LogP contribution in [0.1, 0.15) is 24.1 Å². The molecule has 0 spiro atoms. The summed E-state index contributed by atoms with van der Waals surface area (Å²) in [5.74, 6) is 0. The van der Waals surface area contributed by atoms with Gasteiger partial charge in [0.2, 0.25) is 0 Å². The van der Waals surface area contributed by atoms with Gasteiger partial charge in [0.1, 0.15) is 5.58 Å². The number of rotatable bonds is 4. The summed E-state index contributed by atoms with van der Waals surface area (Å²) in [4.78, 5) is 0. The van der Waals surface area contributed by atoms with Crippen LogP contribution in [0.25, 0.3) is 11.0 Å². The molecule has 1 aromatic carbocycles. The Hall–Kier alpha value is -1.58. The number of fused-ring (bicyclic) bond motifs is 1. The molecule has 0 saturated heterocycles. The van der Waals surface area contributed by atoms with E-state index >= 15 is 0 Å². The van der Waals surface area contributed by atoms with Crippen LogP contribution in [0.2, 0.25) is 0 Å². The van der Waals surface area contributed by atoms with Crippen LogP contribution in [0.15, 0.2) is 51.8 Å². The highest BCUT2D eigenvalue weighted by atomic mass is 32.1. The summed E-state index contributed by atoms with van der Waals surface area (Å²) in [7, 11) is 0. The van der Waals surface area contributed by atoms with Crippen molar-refractivity contribution in [2.24, 2.45) is 0 Å². The summed E-state index contributed by atoms with van der Waals surface area (Å²) >= 11 is 1.73. The Kier molecular flexibility index (Phi) is 3.17. The first-order chi connectivity index (χ1) is 8.90. The molecule has 2 aromatic heterocycles. The molecule has 0 aliphatic rings. The van der Waals surface area contributed by atoms with Crippen LogP contribution < -0.4 is 5.32 Å². The summed E-state index contributed by atoms with van der Waals surface area (Å²) in [5.41, 5.74) is 3.46. The van der Waals surface area contributed by atoms with Crippen molar-refractivity contribution in [1.82, 2.24) is 5.32 Å². The van der Waals surface area contributed by atoms with E-state index in [2.05, 4.69) is 41.2 Å². The van der Waals surface area contributed by atoms with Gasteiger partial charge in [-0.2, -0.15) is 11.3 Å². The van der Waals surface area contributed by atoms with Gasteiger partial charge in [-0.15, -0.1) is 0 Å². The number of furan rings is 1. The van der Waals surface area contributed by atoms with Gasteiger partial charge in [-0.3, -0.25) is 0 Å². The lowest BCUT2D eigenvalue weighted by Gasteiger charge is -2.15. The predicted octanol–water partition coefficient (Wildman–Crippen LogP) is 4.19. The van der Waals surface area contributed by atoms with E-state index in [1.54, 1.807) is 11.3 Å². The number of benzene rings is 1. The third-order valence-corrected chi connectivity index (χ3v) is 3.81. The zero-order chi connectivity index (χ0) is 12.4. The van der Waals surface area contributed by atoms with E-state index < -0.39 is 0 Å². The number of para-hydroxylation sites is 1. The fraction of sp³-hybridized carbons (Fsp3) is 0.200. The first kappa shape index (κ1) is 11.5. The molecule has 0 radical (unpaired) electrons. The summed E-state index contributed by atoms with van der Waals surface area (Å²) in [5, 5.41) is 9.02. The van der Waals surface area contributed by atoms with E-state index in [9.17, 15) is 0 Å². The Morgan fingerprint density at radius 3 is 2.94 bits per heavy atom. The Labute approximate surface area is 110 Å². The molecule has 1 atom stereocenters. The highest BCUT2D eigenvalue weighted by Crippen LogP contribution is 2.31. The maximum Gasteiger partial charge on any atom is 0.134 e. The second kappa shape index (κ2) is 4.96. The average molecular weight is 257 g/mol. The number of thiophene rings is 1. The first-order valence-electron chi connectivity index (χ1n) is 6.11. The number of nitrogens with one attached hydrogen (secondary N) is 1. The van der Waals surface area contributed by atoms with Crippen molar-refractivity contribution < 1.29 is 4.42 Å². The van der Waals surface area contributed by atoms with Crippen LogP contribution in [-0.2, 0) is 0 Å². The fourth-order valence-electron chi connectivity index (χ4n) is 2.27. The molecule has 3 rings (SSSR count). The minimum atomic E-state index is 0.213. The summed E-state index contributed by atoms with van der Waals surface area (Å²) in [6.45, 7) is 3.06. The minimum Gasteiger partial charge on any atom is -0.464 e. The standard InChI is InChI=1S/C15H15NOS/c1-2-16-15(11-7-8-18-10-11)13-9-17-14-6-4-3-5-12(13)14/h3-10,15-16H,2H2,1H3. The van der Waals surface area contributed by atoms with Crippen LogP contribution in [-0.4, -0.2) is 6.54 Å². The molecule has 2 nitrogen and oxygen atoms in total. The van der Waals surface area contributed by atoms with Gasteiger partial charge in [-0.1, -0.05) is 25.1 Å². The molecule has 1 unspecified atom stereocenters. The Morgan fingerprint density at radius 1 is 1.28 bits per heavy atom. The number of hydrogen-bond donors (Lipinski definition) is 1. The van der Waals surface area contributed by atoms with E-state index in [-0.39, 0.29) is 6.04 Å². The van der Waals surface area contributed by atoms with Gasteiger partial charge in [-0.25, -0.2) is 0 Å². The van der Waals surface area contributed by atoms with Crippen molar-refractivity contribution >= 4 is 22.3 Å². The molecule has 0 fully saturated rings. The molecule has 18 heavy (non-hydrogen) atoms. The van der Waals surface area contributed by atoms with Crippen LogP contribution in [0.3, 0.4) is 0 Å². The lowest BCUT2D eigenvalue weighted by molar-refractivity contribution is 0.585. The zero-order valence-electron chi connectivity index (χ0n) is 10.2. The Bertz CT molecular complexity index is 627. The van der Waals surface area contributed by atoms with Gasteiger partial charge in [0.15, 0.2) is 0 Å². The number of hydrogen-bond acceptors (Lipinski definition) is 3. The molecule has 92 valence electrons. The van der Waals surface area contributed by atoms with E-state index in [0.29, 0.717) is 0 Å². The second-order valence-corrected chi connectivity index (χ2v) is 5.01. The molecule has 1 N–H and O–H groups in total. The van der Waals surface area contributed by atoms with Gasteiger partial charge in [0.25, 0.3) is 0 Å². The van der Waals surface area contributed by atoms with Crippen LogP contribution >= 0.6 is 11.3 Å². The largest absolute Gasteiger partial charge is 0.464 e. The summed E-state index contributed by atoms with van der Waals surface area (Å²) in [6.07, 6.45) is 1.87. The monoisotopic (exact) mass is 257 g/mol. The molecule has 0 amide bonds. The SMILES string of the molecule is CCNC(c1ccsc1)c1coc2ccccc12.